The van der Waals surface area contributed by atoms with E-state index in [9.17, 15) is 0 Å². The van der Waals surface area contributed by atoms with Gasteiger partial charge in [0, 0.05) is 24.1 Å². The molecule has 0 amide bonds. The summed E-state index contributed by atoms with van der Waals surface area (Å²) in [6.45, 7) is 2.35. The van der Waals surface area contributed by atoms with E-state index in [1.807, 2.05) is 24.4 Å². The Kier molecular flexibility index (Phi) is 3.53. The standard InChI is InChI=1S/C16H21N3/c1-13-7-9-15(10-8-13)19-12-11-17-16(19)18-14-5-3-2-4-6-14/h2-6,11-13,15H,7-10H2,1H3,(H,17,18). The van der Waals surface area contributed by atoms with Crippen LogP contribution in [-0.2, 0) is 0 Å². The fraction of sp³-hybridized carbons (Fsp3) is 0.438. The summed E-state index contributed by atoms with van der Waals surface area (Å²) in [5.74, 6) is 1.84. The molecule has 100 valence electrons. The Bertz CT molecular complexity index is 510. The van der Waals surface area contributed by atoms with Crippen LogP contribution < -0.4 is 5.32 Å². The monoisotopic (exact) mass is 255 g/mol. The first-order chi connectivity index (χ1) is 9.33. The average Bonchev–Trinajstić information content (AvgIpc) is 2.89. The molecule has 1 fully saturated rings. The number of aromatic nitrogens is 2. The Hall–Kier alpha value is -1.77. The molecular formula is C16H21N3. The molecule has 1 aliphatic carbocycles. The zero-order chi connectivity index (χ0) is 13.1. The second-order valence-corrected chi connectivity index (χ2v) is 5.56. The fourth-order valence-corrected chi connectivity index (χ4v) is 2.88. The van der Waals surface area contributed by atoms with Crippen molar-refractivity contribution in [2.24, 2.45) is 5.92 Å². The minimum Gasteiger partial charge on any atom is -0.326 e. The smallest absolute Gasteiger partial charge is 0.207 e. The lowest BCUT2D eigenvalue weighted by atomic mass is 9.87. The van der Waals surface area contributed by atoms with Crippen LogP contribution in [0.3, 0.4) is 0 Å². The molecule has 0 atom stereocenters. The lowest BCUT2D eigenvalue weighted by molar-refractivity contribution is 0.291. The van der Waals surface area contributed by atoms with Crippen LogP contribution in [0.4, 0.5) is 11.6 Å². The van der Waals surface area contributed by atoms with Gasteiger partial charge in [0.15, 0.2) is 0 Å². The highest BCUT2D eigenvalue weighted by Crippen LogP contribution is 2.33. The van der Waals surface area contributed by atoms with Crippen LogP contribution in [-0.4, -0.2) is 9.55 Å². The van der Waals surface area contributed by atoms with Crippen molar-refractivity contribution in [3.8, 4) is 0 Å². The molecule has 1 saturated carbocycles. The lowest BCUT2D eigenvalue weighted by Crippen LogP contribution is -2.17. The number of hydrogen-bond donors (Lipinski definition) is 1. The topological polar surface area (TPSA) is 29.9 Å². The van der Waals surface area contributed by atoms with Crippen molar-refractivity contribution >= 4 is 11.6 Å². The lowest BCUT2D eigenvalue weighted by Gasteiger charge is -2.28. The van der Waals surface area contributed by atoms with Crippen LogP contribution in [0, 0.1) is 5.92 Å². The molecule has 2 aromatic rings. The molecule has 3 heteroatoms. The van der Waals surface area contributed by atoms with E-state index in [1.54, 1.807) is 0 Å². The van der Waals surface area contributed by atoms with Gasteiger partial charge in [0.25, 0.3) is 0 Å². The van der Waals surface area contributed by atoms with Gasteiger partial charge in [0.1, 0.15) is 0 Å². The number of anilines is 2. The number of nitrogens with one attached hydrogen (secondary N) is 1. The van der Waals surface area contributed by atoms with E-state index in [0.717, 1.165) is 17.6 Å². The second kappa shape index (κ2) is 5.47. The number of hydrogen-bond acceptors (Lipinski definition) is 2. The van der Waals surface area contributed by atoms with Gasteiger partial charge in [-0.1, -0.05) is 25.1 Å². The SMILES string of the molecule is CC1CCC(n2ccnc2Nc2ccccc2)CC1. The highest BCUT2D eigenvalue weighted by molar-refractivity contribution is 5.53. The van der Waals surface area contributed by atoms with Gasteiger partial charge in [-0.15, -0.1) is 0 Å². The van der Waals surface area contributed by atoms with Crippen molar-refractivity contribution in [3.05, 3.63) is 42.7 Å². The number of nitrogens with zero attached hydrogens (tertiary/aromatic N) is 2. The first-order valence-corrected chi connectivity index (χ1v) is 7.18. The predicted octanol–water partition coefficient (Wildman–Crippen LogP) is 4.38. The summed E-state index contributed by atoms with van der Waals surface area (Å²) < 4.78 is 2.30. The van der Waals surface area contributed by atoms with Gasteiger partial charge in [0.2, 0.25) is 5.95 Å². The van der Waals surface area contributed by atoms with E-state index < -0.39 is 0 Å². The molecule has 0 spiro atoms. The molecule has 0 saturated heterocycles. The van der Waals surface area contributed by atoms with Gasteiger partial charge in [0.05, 0.1) is 0 Å². The zero-order valence-corrected chi connectivity index (χ0v) is 11.4. The van der Waals surface area contributed by atoms with Crippen molar-refractivity contribution in [2.75, 3.05) is 5.32 Å². The zero-order valence-electron chi connectivity index (χ0n) is 11.4. The Morgan fingerprint density at radius 1 is 1.11 bits per heavy atom. The normalized spacial score (nSPS) is 23.2. The van der Waals surface area contributed by atoms with Crippen molar-refractivity contribution in [1.82, 2.24) is 9.55 Å². The van der Waals surface area contributed by atoms with Crippen LogP contribution in [0.1, 0.15) is 38.6 Å². The van der Waals surface area contributed by atoms with E-state index in [1.165, 1.54) is 25.7 Å². The van der Waals surface area contributed by atoms with Gasteiger partial charge in [-0.2, -0.15) is 0 Å². The number of para-hydroxylation sites is 1. The van der Waals surface area contributed by atoms with E-state index in [-0.39, 0.29) is 0 Å². The van der Waals surface area contributed by atoms with Crippen LogP contribution in [0.15, 0.2) is 42.7 Å². The molecule has 1 aliphatic rings. The van der Waals surface area contributed by atoms with Gasteiger partial charge in [-0.3, -0.25) is 0 Å². The molecule has 0 bridgehead atoms. The van der Waals surface area contributed by atoms with Crippen molar-refractivity contribution < 1.29 is 0 Å². The van der Waals surface area contributed by atoms with E-state index >= 15 is 0 Å². The average molecular weight is 255 g/mol. The highest BCUT2D eigenvalue weighted by Gasteiger charge is 2.21. The quantitative estimate of drug-likeness (QED) is 0.882. The Balaban J connectivity index is 1.75. The minimum absolute atomic E-state index is 0.602. The Morgan fingerprint density at radius 2 is 1.84 bits per heavy atom. The van der Waals surface area contributed by atoms with Crippen molar-refractivity contribution in [1.29, 1.82) is 0 Å². The van der Waals surface area contributed by atoms with Crippen molar-refractivity contribution in [3.63, 3.8) is 0 Å². The summed E-state index contributed by atoms with van der Waals surface area (Å²) in [5.41, 5.74) is 1.10. The first-order valence-electron chi connectivity index (χ1n) is 7.18. The molecule has 0 aliphatic heterocycles. The maximum absolute atomic E-state index is 4.46. The number of benzene rings is 1. The summed E-state index contributed by atoms with van der Waals surface area (Å²) in [7, 11) is 0. The predicted molar refractivity (Wildman–Crippen MR) is 78.6 cm³/mol. The fourth-order valence-electron chi connectivity index (χ4n) is 2.88. The first kappa shape index (κ1) is 12.3. The number of imidazole rings is 1. The molecule has 0 radical (unpaired) electrons. The molecular weight excluding hydrogens is 234 g/mol. The third-order valence-corrected chi connectivity index (χ3v) is 4.08. The summed E-state index contributed by atoms with van der Waals surface area (Å²) in [4.78, 5) is 4.46. The van der Waals surface area contributed by atoms with Gasteiger partial charge in [-0.05, 0) is 43.7 Å². The second-order valence-electron chi connectivity index (χ2n) is 5.56. The van der Waals surface area contributed by atoms with Gasteiger partial charge >= 0.3 is 0 Å². The maximum Gasteiger partial charge on any atom is 0.207 e. The van der Waals surface area contributed by atoms with Crippen LogP contribution in [0.5, 0.6) is 0 Å². The van der Waals surface area contributed by atoms with E-state index in [4.69, 9.17) is 0 Å². The van der Waals surface area contributed by atoms with Gasteiger partial charge in [-0.25, -0.2) is 4.98 Å². The third kappa shape index (κ3) is 2.80. The van der Waals surface area contributed by atoms with E-state index in [0.29, 0.717) is 6.04 Å². The van der Waals surface area contributed by atoms with Crippen LogP contribution >= 0.6 is 0 Å². The number of rotatable bonds is 3. The molecule has 19 heavy (non-hydrogen) atoms. The molecule has 3 rings (SSSR count). The summed E-state index contributed by atoms with van der Waals surface area (Å²) in [6, 6.07) is 10.9. The largest absolute Gasteiger partial charge is 0.326 e. The van der Waals surface area contributed by atoms with Crippen molar-refractivity contribution in [2.45, 2.75) is 38.6 Å². The van der Waals surface area contributed by atoms with Gasteiger partial charge < -0.3 is 9.88 Å². The summed E-state index contributed by atoms with van der Waals surface area (Å²) in [5, 5.41) is 3.41. The molecule has 1 heterocycles. The molecule has 3 nitrogen and oxygen atoms in total. The molecule has 1 aromatic heterocycles. The van der Waals surface area contributed by atoms with E-state index in [2.05, 4.69) is 40.1 Å². The summed E-state index contributed by atoms with van der Waals surface area (Å²) in [6.07, 6.45) is 9.18. The minimum atomic E-state index is 0.602. The maximum atomic E-state index is 4.46. The molecule has 1 N–H and O–H groups in total. The third-order valence-electron chi connectivity index (χ3n) is 4.08. The Morgan fingerprint density at radius 3 is 2.58 bits per heavy atom. The molecule has 0 unspecified atom stereocenters. The van der Waals surface area contributed by atoms with Crippen LogP contribution in [0.25, 0.3) is 0 Å². The Labute approximate surface area is 114 Å². The highest BCUT2D eigenvalue weighted by atomic mass is 15.2. The molecule has 1 aromatic carbocycles. The summed E-state index contributed by atoms with van der Waals surface area (Å²) >= 11 is 0. The van der Waals surface area contributed by atoms with Crippen LogP contribution in [0.2, 0.25) is 0 Å².